The van der Waals surface area contributed by atoms with E-state index in [0.29, 0.717) is 11.1 Å². The molecule has 0 unspecified atom stereocenters. The summed E-state index contributed by atoms with van der Waals surface area (Å²) >= 11 is 5.87. The SMILES string of the molecule is CN(c1ccc(Cl)cc1CO)C1CC1. The van der Waals surface area contributed by atoms with Gasteiger partial charge in [0.15, 0.2) is 0 Å². The van der Waals surface area contributed by atoms with Crippen LogP contribution in [0.4, 0.5) is 5.69 Å². The lowest BCUT2D eigenvalue weighted by Gasteiger charge is -2.21. The predicted octanol–water partition coefficient (Wildman–Crippen LogP) is 2.43. The maximum Gasteiger partial charge on any atom is 0.0702 e. The first kappa shape index (κ1) is 9.81. The lowest BCUT2D eigenvalue weighted by atomic mass is 10.1. The van der Waals surface area contributed by atoms with E-state index in [4.69, 9.17) is 11.6 Å². The normalized spacial score (nSPS) is 15.6. The third kappa shape index (κ3) is 1.86. The summed E-state index contributed by atoms with van der Waals surface area (Å²) in [5.41, 5.74) is 2.01. The van der Waals surface area contributed by atoms with Gasteiger partial charge in [0.25, 0.3) is 0 Å². The molecule has 3 heteroatoms. The fourth-order valence-corrected chi connectivity index (χ4v) is 1.88. The highest BCUT2D eigenvalue weighted by Gasteiger charge is 2.27. The van der Waals surface area contributed by atoms with Gasteiger partial charge in [-0.3, -0.25) is 0 Å². The number of benzene rings is 1. The molecular formula is C11H14ClNO. The molecule has 1 saturated carbocycles. The highest BCUT2D eigenvalue weighted by atomic mass is 35.5. The maximum absolute atomic E-state index is 9.21. The molecule has 0 atom stereocenters. The number of hydrogen-bond acceptors (Lipinski definition) is 2. The first-order chi connectivity index (χ1) is 6.72. The van der Waals surface area contributed by atoms with Gasteiger partial charge in [-0.15, -0.1) is 0 Å². The fourth-order valence-electron chi connectivity index (χ4n) is 1.68. The summed E-state index contributed by atoms with van der Waals surface area (Å²) < 4.78 is 0. The quantitative estimate of drug-likeness (QED) is 0.830. The molecule has 0 aliphatic heterocycles. The number of aliphatic hydroxyl groups excluding tert-OH is 1. The molecule has 1 aliphatic rings. The van der Waals surface area contributed by atoms with E-state index >= 15 is 0 Å². The number of hydrogen-bond donors (Lipinski definition) is 1. The van der Waals surface area contributed by atoms with Crippen LogP contribution in [-0.4, -0.2) is 18.2 Å². The second kappa shape index (κ2) is 3.79. The van der Waals surface area contributed by atoms with Crippen LogP contribution in [0, 0.1) is 0 Å². The van der Waals surface area contributed by atoms with Gasteiger partial charge in [-0.25, -0.2) is 0 Å². The number of anilines is 1. The molecule has 1 aromatic rings. The van der Waals surface area contributed by atoms with Crippen LogP contribution in [0.25, 0.3) is 0 Å². The van der Waals surface area contributed by atoms with E-state index in [0.717, 1.165) is 11.3 Å². The van der Waals surface area contributed by atoms with Gasteiger partial charge in [0.05, 0.1) is 6.61 Å². The Morgan fingerprint density at radius 1 is 1.50 bits per heavy atom. The molecule has 1 N–H and O–H groups in total. The molecule has 0 amide bonds. The summed E-state index contributed by atoms with van der Waals surface area (Å²) in [6.07, 6.45) is 2.51. The molecule has 2 rings (SSSR count). The first-order valence-corrected chi connectivity index (χ1v) is 5.22. The van der Waals surface area contributed by atoms with Crippen molar-refractivity contribution in [2.45, 2.75) is 25.5 Å². The van der Waals surface area contributed by atoms with Gasteiger partial charge < -0.3 is 10.0 Å². The standard InChI is InChI=1S/C11H14ClNO/c1-13(10-3-4-10)11-5-2-9(12)6-8(11)7-14/h2,5-6,10,14H,3-4,7H2,1H3. The summed E-state index contributed by atoms with van der Waals surface area (Å²) in [4.78, 5) is 2.22. The molecule has 0 aromatic heterocycles. The van der Waals surface area contributed by atoms with Crippen molar-refractivity contribution in [2.24, 2.45) is 0 Å². The Kier molecular flexibility index (Phi) is 2.66. The van der Waals surface area contributed by atoms with Crippen molar-refractivity contribution in [1.82, 2.24) is 0 Å². The van der Waals surface area contributed by atoms with Crippen molar-refractivity contribution < 1.29 is 5.11 Å². The second-order valence-electron chi connectivity index (χ2n) is 3.77. The lowest BCUT2D eigenvalue weighted by Crippen LogP contribution is -2.20. The third-order valence-electron chi connectivity index (χ3n) is 2.69. The van der Waals surface area contributed by atoms with Crippen molar-refractivity contribution in [1.29, 1.82) is 0 Å². The Balaban J connectivity index is 2.30. The molecule has 0 heterocycles. The zero-order valence-electron chi connectivity index (χ0n) is 8.20. The van der Waals surface area contributed by atoms with Crippen molar-refractivity contribution >= 4 is 17.3 Å². The van der Waals surface area contributed by atoms with E-state index in [-0.39, 0.29) is 6.61 Å². The van der Waals surface area contributed by atoms with Gasteiger partial charge in [-0.2, -0.15) is 0 Å². The Bertz CT molecular complexity index is 336. The largest absolute Gasteiger partial charge is 0.392 e. The van der Waals surface area contributed by atoms with E-state index in [2.05, 4.69) is 11.9 Å². The molecule has 0 radical (unpaired) electrons. The minimum atomic E-state index is 0.0486. The minimum Gasteiger partial charge on any atom is -0.392 e. The smallest absolute Gasteiger partial charge is 0.0702 e. The molecule has 76 valence electrons. The average molecular weight is 212 g/mol. The van der Waals surface area contributed by atoms with Crippen LogP contribution < -0.4 is 4.90 Å². The number of rotatable bonds is 3. The highest BCUT2D eigenvalue weighted by Crippen LogP contribution is 2.33. The molecule has 0 spiro atoms. The van der Waals surface area contributed by atoms with E-state index in [9.17, 15) is 5.11 Å². The molecule has 1 aromatic carbocycles. The Morgan fingerprint density at radius 2 is 2.21 bits per heavy atom. The topological polar surface area (TPSA) is 23.5 Å². The summed E-state index contributed by atoms with van der Waals surface area (Å²) in [7, 11) is 2.07. The van der Waals surface area contributed by atoms with Crippen LogP contribution in [0.3, 0.4) is 0 Å². The number of halogens is 1. The van der Waals surface area contributed by atoms with Gasteiger partial charge in [0.1, 0.15) is 0 Å². The van der Waals surface area contributed by atoms with Crippen molar-refractivity contribution in [3.8, 4) is 0 Å². The van der Waals surface area contributed by atoms with Crippen LogP contribution in [0.5, 0.6) is 0 Å². The van der Waals surface area contributed by atoms with E-state index in [1.165, 1.54) is 12.8 Å². The zero-order valence-corrected chi connectivity index (χ0v) is 8.96. The number of nitrogens with zero attached hydrogens (tertiary/aromatic N) is 1. The van der Waals surface area contributed by atoms with Gasteiger partial charge >= 0.3 is 0 Å². The third-order valence-corrected chi connectivity index (χ3v) is 2.92. The Labute approximate surface area is 89.1 Å². The maximum atomic E-state index is 9.21. The van der Waals surface area contributed by atoms with E-state index in [1.807, 2.05) is 18.2 Å². The summed E-state index contributed by atoms with van der Waals surface area (Å²) in [6.45, 7) is 0.0486. The molecule has 2 nitrogen and oxygen atoms in total. The average Bonchev–Trinajstić information content (AvgIpc) is 3.00. The van der Waals surface area contributed by atoms with E-state index < -0.39 is 0 Å². The number of aliphatic hydroxyl groups is 1. The van der Waals surface area contributed by atoms with E-state index in [1.54, 1.807) is 0 Å². The van der Waals surface area contributed by atoms with Crippen LogP contribution in [0.15, 0.2) is 18.2 Å². The predicted molar refractivity (Wildman–Crippen MR) is 58.8 cm³/mol. The zero-order chi connectivity index (χ0) is 10.1. The minimum absolute atomic E-state index is 0.0486. The van der Waals surface area contributed by atoms with Crippen molar-refractivity contribution in [3.63, 3.8) is 0 Å². The molecule has 1 aliphatic carbocycles. The van der Waals surface area contributed by atoms with Gasteiger partial charge in [0.2, 0.25) is 0 Å². The second-order valence-corrected chi connectivity index (χ2v) is 4.21. The molecule has 0 saturated heterocycles. The Morgan fingerprint density at radius 3 is 2.79 bits per heavy atom. The van der Waals surface area contributed by atoms with Crippen LogP contribution in [0.2, 0.25) is 5.02 Å². The molecular weight excluding hydrogens is 198 g/mol. The fraction of sp³-hybridized carbons (Fsp3) is 0.455. The molecule has 1 fully saturated rings. The van der Waals surface area contributed by atoms with Crippen LogP contribution >= 0.6 is 11.6 Å². The van der Waals surface area contributed by atoms with Crippen LogP contribution in [-0.2, 0) is 6.61 Å². The van der Waals surface area contributed by atoms with Gasteiger partial charge in [-0.05, 0) is 31.0 Å². The molecule has 14 heavy (non-hydrogen) atoms. The van der Waals surface area contributed by atoms with Crippen molar-refractivity contribution in [3.05, 3.63) is 28.8 Å². The first-order valence-electron chi connectivity index (χ1n) is 4.84. The summed E-state index contributed by atoms with van der Waals surface area (Å²) in [6, 6.07) is 6.33. The highest BCUT2D eigenvalue weighted by molar-refractivity contribution is 6.30. The van der Waals surface area contributed by atoms with Gasteiger partial charge in [-0.1, -0.05) is 11.6 Å². The Hall–Kier alpha value is -0.730. The monoisotopic (exact) mass is 211 g/mol. The van der Waals surface area contributed by atoms with Gasteiger partial charge in [0, 0.05) is 29.4 Å². The summed E-state index contributed by atoms with van der Waals surface area (Å²) in [5, 5.41) is 9.89. The summed E-state index contributed by atoms with van der Waals surface area (Å²) in [5.74, 6) is 0. The lowest BCUT2D eigenvalue weighted by molar-refractivity contribution is 0.282. The van der Waals surface area contributed by atoms with Crippen molar-refractivity contribution in [2.75, 3.05) is 11.9 Å². The van der Waals surface area contributed by atoms with Crippen LogP contribution in [0.1, 0.15) is 18.4 Å². The molecule has 0 bridgehead atoms.